The van der Waals surface area contributed by atoms with Crippen molar-refractivity contribution in [3.05, 3.63) is 82.0 Å². The van der Waals surface area contributed by atoms with Gasteiger partial charge in [-0.25, -0.2) is 10.2 Å². The molecule has 2 N–H and O–H groups in total. The minimum absolute atomic E-state index is 0.114. The lowest BCUT2D eigenvalue weighted by atomic mass is 10.2. The predicted molar refractivity (Wildman–Crippen MR) is 98.9 cm³/mol. The number of thiophene rings is 1. The summed E-state index contributed by atoms with van der Waals surface area (Å²) in [5.74, 6) is -0.617. The second-order valence-electron chi connectivity index (χ2n) is 5.15. The maximum Gasteiger partial charge on any atom is 0.353 e. The molecule has 0 atom stereocenters. The summed E-state index contributed by atoms with van der Waals surface area (Å²) in [4.78, 5) is 24.3. The maximum absolute atomic E-state index is 11.9. The van der Waals surface area contributed by atoms with E-state index in [0.717, 1.165) is 0 Å². The van der Waals surface area contributed by atoms with Gasteiger partial charge in [-0.05, 0) is 53.4 Å². The lowest BCUT2D eigenvalue weighted by Crippen LogP contribution is -2.17. The Morgan fingerprint density at radius 2 is 1.81 bits per heavy atom. The summed E-state index contributed by atoms with van der Waals surface area (Å²) in [5.41, 5.74) is 3.19. The largest absolute Gasteiger partial charge is 0.507 e. The van der Waals surface area contributed by atoms with Gasteiger partial charge in [-0.3, -0.25) is 4.79 Å². The molecule has 0 radical (unpaired) electrons. The third-order valence-electron chi connectivity index (χ3n) is 3.34. The van der Waals surface area contributed by atoms with Gasteiger partial charge in [0.15, 0.2) is 0 Å². The molecule has 7 heteroatoms. The number of benzene rings is 2. The van der Waals surface area contributed by atoms with E-state index < -0.39 is 11.9 Å². The second kappa shape index (κ2) is 8.09. The topological polar surface area (TPSA) is 88.0 Å². The predicted octanol–water partition coefficient (Wildman–Crippen LogP) is 3.44. The minimum atomic E-state index is -0.513. The molecule has 0 saturated carbocycles. The zero-order valence-corrected chi connectivity index (χ0v) is 14.3. The molecular weight excluding hydrogens is 352 g/mol. The number of phenolic OH excluding ortho intramolecular Hbond substituents is 1. The van der Waals surface area contributed by atoms with Gasteiger partial charge in [0.05, 0.1) is 11.8 Å². The molecule has 0 spiro atoms. The Morgan fingerprint density at radius 1 is 1.04 bits per heavy atom. The molecule has 1 amide bonds. The molecule has 3 rings (SSSR count). The van der Waals surface area contributed by atoms with E-state index in [1.165, 1.54) is 29.7 Å². The van der Waals surface area contributed by atoms with Gasteiger partial charge in [-0.15, -0.1) is 11.3 Å². The molecule has 0 aliphatic rings. The third kappa shape index (κ3) is 4.34. The molecule has 1 heterocycles. The lowest BCUT2D eigenvalue weighted by Gasteiger charge is -2.03. The number of nitrogens with zero attached hydrogens (tertiary/aromatic N) is 1. The van der Waals surface area contributed by atoms with Gasteiger partial charge in [0.1, 0.15) is 16.4 Å². The SMILES string of the molecule is O=C(Oc1ccc(/C=N\NC(=O)c2ccccc2O)cc1)c1cccs1. The Hall–Kier alpha value is -3.45. The Morgan fingerprint density at radius 3 is 2.50 bits per heavy atom. The fraction of sp³-hybridized carbons (Fsp3) is 0. The van der Waals surface area contributed by atoms with Gasteiger partial charge >= 0.3 is 5.97 Å². The molecular formula is C19H14N2O4S. The van der Waals surface area contributed by atoms with Crippen molar-refractivity contribution in [2.75, 3.05) is 0 Å². The van der Waals surface area contributed by atoms with Crippen LogP contribution in [-0.4, -0.2) is 23.2 Å². The van der Waals surface area contributed by atoms with E-state index in [9.17, 15) is 14.7 Å². The monoisotopic (exact) mass is 366 g/mol. The van der Waals surface area contributed by atoms with Crippen LogP contribution >= 0.6 is 11.3 Å². The highest BCUT2D eigenvalue weighted by Crippen LogP contribution is 2.16. The van der Waals surface area contributed by atoms with Crippen molar-refractivity contribution in [1.29, 1.82) is 0 Å². The molecule has 0 bridgehead atoms. The van der Waals surface area contributed by atoms with E-state index in [4.69, 9.17) is 4.74 Å². The molecule has 0 aliphatic heterocycles. The number of ether oxygens (including phenoxy) is 1. The van der Waals surface area contributed by atoms with E-state index in [0.29, 0.717) is 16.2 Å². The summed E-state index contributed by atoms with van der Waals surface area (Å²) in [6.45, 7) is 0. The summed E-state index contributed by atoms with van der Waals surface area (Å²) in [7, 11) is 0. The van der Waals surface area contributed by atoms with E-state index in [1.807, 2.05) is 0 Å². The van der Waals surface area contributed by atoms with Gasteiger partial charge in [0.25, 0.3) is 5.91 Å². The van der Waals surface area contributed by atoms with E-state index in [1.54, 1.807) is 53.9 Å². The summed E-state index contributed by atoms with van der Waals surface area (Å²) < 4.78 is 5.26. The highest BCUT2D eigenvalue weighted by atomic mass is 32.1. The van der Waals surface area contributed by atoms with Crippen LogP contribution in [0.1, 0.15) is 25.6 Å². The Labute approximate surface area is 153 Å². The van der Waals surface area contributed by atoms with Crippen LogP contribution in [0.3, 0.4) is 0 Å². The molecule has 0 fully saturated rings. The van der Waals surface area contributed by atoms with Crippen molar-refractivity contribution >= 4 is 29.4 Å². The van der Waals surface area contributed by atoms with Crippen LogP contribution in [-0.2, 0) is 0 Å². The van der Waals surface area contributed by atoms with Crippen LogP contribution in [0.25, 0.3) is 0 Å². The number of carbonyl (C=O) groups is 2. The average molecular weight is 366 g/mol. The summed E-state index contributed by atoms with van der Waals surface area (Å²) in [6, 6.07) is 16.4. The van der Waals surface area contributed by atoms with Crippen LogP contribution in [0.5, 0.6) is 11.5 Å². The third-order valence-corrected chi connectivity index (χ3v) is 4.19. The highest BCUT2D eigenvalue weighted by molar-refractivity contribution is 7.12. The summed E-state index contributed by atoms with van der Waals surface area (Å²) in [5, 5.41) is 15.3. The quantitative estimate of drug-likeness (QED) is 0.313. The van der Waals surface area contributed by atoms with E-state index in [-0.39, 0.29) is 11.3 Å². The maximum atomic E-state index is 11.9. The van der Waals surface area contributed by atoms with Crippen LogP contribution in [0, 0.1) is 0 Å². The normalized spacial score (nSPS) is 10.6. The van der Waals surface area contributed by atoms with Crippen molar-refractivity contribution < 1.29 is 19.4 Å². The number of phenols is 1. The molecule has 0 unspecified atom stereocenters. The number of para-hydroxylation sites is 1. The van der Waals surface area contributed by atoms with Gasteiger partial charge in [0, 0.05) is 0 Å². The molecule has 0 aliphatic carbocycles. The summed E-state index contributed by atoms with van der Waals surface area (Å²) in [6.07, 6.45) is 1.45. The van der Waals surface area contributed by atoms with E-state index >= 15 is 0 Å². The lowest BCUT2D eigenvalue weighted by molar-refractivity contribution is 0.0739. The number of aromatic hydroxyl groups is 1. The molecule has 26 heavy (non-hydrogen) atoms. The Balaban J connectivity index is 1.57. The molecule has 6 nitrogen and oxygen atoms in total. The summed E-state index contributed by atoms with van der Waals surface area (Å²) >= 11 is 1.31. The molecule has 1 aromatic heterocycles. The van der Waals surface area contributed by atoms with Crippen molar-refractivity contribution in [2.24, 2.45) is 5.10 Å². The fourth-order valence-electron chi connectivity index (χ4n) is 2.07. The first kappa shape index (κ1) is 17.4. The smallest absolute Gasteiger partial charge is 0.353 e. The number of hydrogen-bond donors (Lipinski definition) is 2. The van der Waals surface area contributed by atoms with Crippen molar-refractivity contribution in [1.82, 2.24) is 5.43 Å². The van der Waals surface area contributed by atoms with E-state index in [2.05, 4.69) is 10.5 Å². The zero-order chi connectivity index (χ0) is 18.4. The van der Waals surface area contributed by atoms with Gasteiger partial charge < -0.3 is 9.84 Å². The van der Waals surface area contributed by atoms with Crippen LogP contribution in [0.4, 0.5) is 0 Å². The average Bonchev–Trinajstić information content (AvgIpc) is 3.18. The van der Waals surface area contributed by atoms with Gasteiger partial charge in [-0.2, -0.15) is 5.10 Å². The van der Waals surface area contributed by atoms with Gasteiger partial charge in [-0.1, -0.05) is 18.2 Å². The van der Waals surface area contributed by atoms with Crippen LogP contribution in [0.15, 0.2) is 71.1 Å². The second-order valence-corrected chi connectivity index (χ2v) is 6.10. The fourth-order valence-corrected chi connectivity index (χ4v) is 2.66. The number of nitrogens with one attached hydrogen (secondary N) is 1. The minimum Gasteiger partial charge on any atom is -0.507 e. The van der Waals surface area contributed by atoms with Crippen molar-refractivity contribution in [3.63, 3.8) is 0 Å². The number of carbonyl (C=O) groups excluding carboxylic acids is 2. The first-order valence-electron chi connectivity index (χ1n) is 7.60. The Bertz CT molecular complexity index is 934. The number of rotatable bonds is 5. The van der Waals surface area contributed by atoms with Gasteiger partial charge in [0.2, 0.25) is 0 Å². The Kier molecular flexibility index (Phi) is 5.40. The number of hydrazone groups is 1. The first-order chi connectivity index (χ1) is 12.6. The molecule has 0 saturated heterocycles. The first-order valence-corrected chi connectivity index (χ1v) is 8.48. The molecule has 130 valence electrons. The number of hydrogen-bond acceptors (Lipinski definition) is 6. The molecule has 2 aromatic carbocycles. The van der Waals surface area contributed by atoms with Crippen molar-refractivity contribution in [2.45, 2.75) is 0 Å². The zero-order valence-electron chi connectivity index (χ0n) is 13.5. The van der Waals surface area contributed by atoms with Crippen molar-refractivity contribution in [3.8, 4) is 11.5 Å². The number of esters is 1. The van der Waals surface area contributed by atoms with Crippen LogP contribution < -0.4 is 10.2 Å². The standard InChI is InChI=1S/C19H14N2O4S/c22-16-5-2-1-4-15(16)18(23)21-20-12-13-7-9-14(10-8-13)25-19(24)17-6-3-11-26-17/h1-12,22H,(H,21,23)/b20-12-. The molecule has 3 aromatic rings. The van der Waals surface area contributed by atoms with Crippen LogP contribution in [0.2, 0.25) is 0 Å². The highest BCUT2D eigenvalue weighted by Gasteiger charge is 2.10. The number of amides is 1.